The van der Waals surface area contributed by atoms with Gasteiger partial charge in [-0.3, -0.25) is 4.79 Å². The molecule has 86 valence electrons. The Hall–Kier alpha value is -1.04. The van der Waals surface area contributed by atoms with Crippen LogP contribution in [0.2, 0.25) is 5.02 Å². The highest BCUT2D eigenvalue weighted by Gasteiger charge is 2.15. The van der Waals surface area contributed by atoms with Gasteiger partial charge in [0.2, 0.25) is 0 Å². The van der Waals surface area contributed by atoms with E-state index in [2.05, 4.69) is 5.32 Å². The maximum absolute atomic E-state index is 11.6. The van der Waals surface area contributed by atoms with Crippen LogP contribution in [0.15, 0.2) is 18.2 Å². The summed E-state index contributed by atoms with van der Waals surface area (Å²) < 4.78 is 0. The van der Waals surface area contributed by atoms with Gasteiger partial charge in [0.1, 0.15) is 0 Å². The first-order valence-electron chi connectivity index (χ1n) is 5.00. The zero-order valence-electron chi connectivity index (χ0n) is 8.90. The molecule has 1 amide bonds. The largest absolute Gasteiger partial charge is 0.488 e. The summed E-state index contributed by atoms with van der Waals surface area (Å²) in [6.45, 7) is 2.53. The second kappa shape index (κ2) is 5.89. The first-order valence-corrected chi connectivity index (χ1v) is 5.37. The molecule has 3 N–H and O–H groups in total. The molecule has 0 heterocycles. The van der Waals surface area contributed by atoms with Gasteiger partial charge in [-0.05, 0) is 24.0 Å². The Bertz CT molecular complexity index is 384. The minimum Gasteiger partial charge on any atom is -0.423 e. The fraction of sp³-hybridized carbons (Fsp3) is 0.300. The molecule has 0 aromatic heterocycles. The summed E-state index contributed by atoms with van der Waals surface area (Å²) in [4.78, 5) is 11.6. The second-order valence-corrected chi connectivity index (χ2v) is 3.78. The fourth-order valence-corrected chi connectivity index (χ4v) is 1.48. The molecule has 1 aromatic carbocycles. The van der Waals surface area contributed by atoms with Gasteiger partial charge in [-0.1, -0.05) is 24.6 Å². The Balaban J connectivity index is 2.86. The van der Waals surface area contributed by atoms with Gasteiger partial charge in [-0.15, -0.1) is 0 Å². The van der Waals surface area contributed by atoms with Crippen LogP contribution in [-0.2, 0) is 0 Å². The van der Waals surface area contributed by atoms with Crippen molar-refractivity contribution in [2.75, 3.05) is 6.54 Å². The molecule has 0 fully saturated rings. The van der Waals surface area contributed by atoms with Gasteiger partial charge < -0.3 is 15.4 Å². The Morgan fingerprint density at radius 3 is 2.69 bits per heavy atom. The number of carbonyl (C=O) groups excluding carboxylic acids is 1. The summed E-state index contributed by atoms with van der Waals surface area (Å²) in [5.74, 6) is -0.258. The van der Waals surface area contributed by atoms with Crippen LogP contribution in [0.25, 0.3) is 0 Å². The average Bonchev–Trinajstić information content (AvgIpc) is 2.25. The van der Waals surface area contributed by atoms with E-state index in [1.165, 1.54) is 18.2 Å². The van der Waals surface area contributed by atoms with E-state index >= 15 is 0 Å². The first-order chi connectivity index (χ1) is 7.56. The molecule has 0 atom stereocenters. The molecule has 0 saturated carbocycles. The van der Waals surface area contributed by atoms with Crippen LogP contribution in [0.4, 0.5) is 0 Å². The molecule has 1 rings (SSSR count). The molecule has 0 saturated heterocycles. The lowest BCUT2D eigenvalue weighted by molar-refractivity contribution is 0.0954. The Kier molecular flexibility index (Phi) is 4.80. The minimum absolute atomic E-state index is 0.208. The number of amides is 1. The number of carbonyl (C=O) groups is 1. The molecule has 0 aliphatic heterocycles. The van der Waals surface area contributed by atoms with E-state index in [0.717, 1.165) is 6.42 Å². The summed E-state index contributed by atoms with van der Waals surface area (Å²) in [6.07, 6.45) is 0.844. The third-order valence-electron chi connectivity index (χ3n) is 2.07. The van der Waals surface area contributed by atoms with Crippen molar-refractivity contribution in [2.24, 2.45) is 0 Å². The topological polar surface area (TPSA) is 69.6 Å². The lowest BCUT2D eigenvalue weighted by Gasteiger charge is -2.07. The number of hydrogen-bond donors (Lipinski definition) is 3. The van der Waals surface area contributed by atoms with Crippen LogP contribution >= 0.6 is 11.6 Å². The number of nitrogens with one attached hydrogen (secondary N) is 1. The van der Waals surface area contributed by atoms with Gasteiger partial charge in [0.05, 0.1) is 10.6 Å². The van der Waals surface area contributed by atoms with E-state index in [-0.39, 0.29) is 16.4 Å². The van der Waals surface area contributed by atoms with Crippen molar-refractivity contribution in [3.05, 3.63) is 28.8 Å². The second-order valence-electron chi connectivity index (χ2n) is 3.37. The number of hydrogen-bond acceptors (Lipinski definition) is 3. The molecular weight excluding hydrogens is 228 g/mol. The van der Waals surface area contributed by atoms with Crippen LogP contribution in [-0.4, -0.2) is 29.6 Å². The molecule has 1 aromatic rings. The fourth-order valence-electron chi connectivity index (χ4n) is 1.21. The van der Waals surface area contributed by atoms with Crippen LogP contribution < -0.4 is 10.8 Å². The summed E-state index contributed by atoms with van der Waals surface area (Å²) in [5.41, 5.74) is 0.594. The molecule has 16 heavy (non-hydrogen) atoms. The van der Waals surface area contributed by atoms with Crippen LogP contribution in [0.1, 0.15) is 23.7 Å². The third-order valence-corrected chi connectivity index (χ3v) is 2.38. The van der Waals surface area contributed by atoms with Gasteiger partial charge in [0.15, 0.2) is 0 Å². The number of benzene rings is 1. The maximum atomic E-state index is 11.6. The Morgan fingerprint density at radius 2 is 2.19 bits per heavy atom. The van der Waals surface area contributed by atoms with Gasteiger partial charge in [-0.25, -0.2) is 0 Å². The van der Waals surface area contributed by atoms with Crippen molar-refractivity contribution in [3.8, 4) is 0 Å². The van der Waals surface area contributed by atoms with E-state index in [9.17, 15) is 4.79 Å². The average molecular weight is 241 g/mol. The standard InChI is InChI=1S/C10H13BClNO3/c1-2-5-13-10(14)8-4-3-7(11(15)16)6-9(8)12/h3-4,6,15-16H,2,5H2,1H3,(H,13,14). The lowest BCUT2D eigenvalue weighted by Crippen LogP contribution is -2.31. The van der Waals surface area contributed by atoms with Crippen molar-refractivity contribution in [1.82, 2.24) is 5.32 Å². The number of rotatable bonds is 4. The van der Waals surface area contributed by atoms with Crippen molar-refractivity contribution in [3.63, 3.8) is 0 Å². The van der Waals surface area contributed by atoms with E-state index in [1.54, 1.807) is 0 Å². The zero-order valence-corrected chi connectivity index (χ0v) is 9.66. The quantitative estimate of drug-likeness (QED) is 0.658. The van der Waals surface area contributed by atoms with Gasteiger partial charge >= 0.3 is 7.12 Å². The summed E-state index contributed by atoms with van der Waals surface area (Å²) in [5, 5.41) is 20.7. The molecular formula is C10H13BClNO3. The Morgan fingerprint density at radius 1 is 1.50 bits per heavy atom. The Labute approximate surface area is 99.4 Å². The van der Waals surface area contributed by atoms with E-state index < -0.39 is 7.12 Å². The normalized spacial score (nSPS) is 10.0. The maximum Gasteiger partial charge on any atom is 0.488 e. The van der Waals surface area contributed by atoms with Gasteiger partial charge in [-0.2, -0.15) is 0 Å². The van der Waals surface area contributed by atoms with Crippen LogP contribution in [0, 0.1) is 0 Å². The summed E-state index contributed by atoms with van der Waals surface area (Å²) in [6, 6.07) is 4.30. The number of halogens is 1. The molecule has 0 bridgehead atoms. The molecule has 0 radical (unpaired) electrons. The summed E-state index contributed by atoms with van der Waals surface area (Å²) in [7, 11) is -1.58. The molecule has 0 aliphatic carbocycles. The zero-order chi connectivity index (χ0) is 12.1. The SMILES string of the molecule is CCCNC(=O)c1ccc(B(O)O)cc1Cl. The smallest absolute Gasteiger partial charge is 0.423 e. The van der Waals surface area contributed by atoms with Crippen molar-refractivity contribution in [2.45, 2.75) is 13.3 Å². The first kappa shape index (κ1) is 13.0. The highest BCUT2D eigenvalue weighted by Crippen LogP contribution is 2.13. The predicted molar refractivity (Wildman–Crippen MR) is 63.9 cm³/mol. The molecule has 4 nitrogen and oxygen atoms in total. The predicted octanol–water partition coefficient (Wildman–Crippen LogP) is 0.160. The van der Waals surface area contributed by atoms with Crippen molar-refractivity contribution in [1.29, 1.82) is 0 Å². The highest BCUT2D eigenvalue weighted by molar-refractivity contribution is 6.59. The molecule has 0 unspecified atom stereocenters. The molecule has 0 spiro atoms. The van der Waals surface area contributed by atoms with Gasteiger partial charge in [0, 0.05) is 6.54 Å². The molecule has 6 heteroatoms. The van der Waals surface area contributed by atoms with Crippen LogP contribution in [0.5, 0.6) is 0 Å². The minimum atomic E-state index is -1.58. The van der Waals surface area contributed by atoms with E-state index in [0.29, 0.717) is 12.1 Å². The van der Waals surface area contributed by atoms with E-state index in [4.69, 9.17) is 21.6 Å². The highest BCUT2D eigenvalue weighted by atomic mass is 35.5. The van der Waals surface area contributed by atoms with Gasteiger partial charge in [0.25, 0.3) is 5.91 Å². The lowest BCUT2D eigenvalue weighted by atomic mass is 9.80. The summed E-state index contributed by atoms with van der Waals surface area (Å²) >= 11 is 5.86. The monoisotopic (exact) mass is 241 g/mol. The van der Waals surface area contributed by atoms with E-state index in [1.807, 2.05) is 6.92 Å². The third kappa shape index (κ3) is 3.23. The van der Waals surface area contributed by atoms with Crippen molar-refractivity contribution < 1.29 is 14.8 Å². The van der Waals surface area contributed by atoms with Crippen LogP contribution in [0.3, 0.4) is 0 Å². The molecule has 0 aliphatic rings. The van der Waals surface area contributed by atoms with Crippen molar-refractivity contribution >= 4 is 30.1 Å².